The zero-order chi connectivity index (χ0) is 21.7. The van der Waals surface area contributed by atoms with E-state index in [0.717, 1.165) is 24.0 Å². The van der Waals surface area contributed by atoms with E-state index < -0.39 is 24.1 Å². The van der Waals surface area contributed by atoms with E-state index >= 15 is 0 Å². The van der Waals surface area contributed by atoms with Gasteiger partial charge in [0.1, 0.15) is 18.0 Å². The van der Waals surface area contributed by atoms with Gasteiger partial charge in [0.15, 0.2) is 0 Å². The van der Waals surface area contributed by atoms with Crippen molar-refractivity contribution in [2.24, 2.45) is 23.7 Å². The number of hydrogen-bond donors (Lipinski definition) is 0. The zero-order valence-electron chi connectivity index (χ0n) is 17.7. The Morgan fingerprint density at radius 3 is 1.74 bits per heavy atom. The van der Waals surface area contributed by atoms with Crippen LogP contribution in [0.25, 0.3) is 0 Å². The Bertz CT molecular complexity index is 1020. The van der Waals surface area contributed by atoms with E-state index in [2.05, 4.69) is 0 Å². The van der Waals surface area contributed by atoms with Gasteiger partial charge in [0, 0.05) is 24.2 Å². The van der Waals surface area contributed by atoms with Crippen molar-refractivity contribution in [2.75, 3.05) is 0 Å². The van der Waals surface area contributed by atoms with Crippen molar-refractivity contribution in [3.8, 4) is 0 Å². The van der Waals surface area contributed by atoms with Crippen molar-refractivity contribution < 1.29 is 23.9 Å². The summed E-state index contributed by atoms with van der Waals surface area (Å²) < 4.78 is 11.9. The predicted octanol–water partition coefficient (Wildman–Crippen LogP) is 4.30. The average molecular weight is 418 g/mol. The minimum absolute atomic E-state index is 0.0617. The normalized spacial score (nSPS) is 30.8. The number of ether oxygens (including phenoxy) is 2. The number of benzene rings is 2. The Morgan fingerprint density at radius 2 is 1.23 bits per heavy atom. The van der Waals surface area contributed by atoms with Crippen LogP contribution in [0, 0.1) is 37.5 Å². The molecule has 0 N–H and O–H groups in total. The number of rotatable bonds is 4. The van der Waals surface area contributed by atoms with Crippen LogP contribution >= 0.6 is 0 Å². The van der Waals surface area contributed by atoms with Gasteiger partial charge in [-0.05, 0) is 56.9 Å². The van der Waals surface area contributed by atoms with Crippen LogP contribution in [0.3, 0.4) is 0 Å². The predicted molar refractivity (Wildman–Crippen MR) is 114 cm³/mol. The zero-order valence-corrected chi connectivity index (χ0v) is 17.7. The van der Waals surface area contributed by atoms with Crippen LogP contribution in [0.2, 0.25) is 0 Å². The molecular formula is C26H26O5. The Labute approximate surface area is 181 Å². The lowest BCUT2D eigenvalue weighted by Gasteiger charge is -2.36. The van der Waals surface area contributed by atoms with Crippen LogP contribution in [0.1, 0.15) is 51.1 Å². The summed E-state index contributed by atoms with van der Waals surface area (Å²) >= 11 is 0. The molecule has 0 amide bonds. The number of ketones is 1. The van der Waals surface area contributed by atoms with Crippen LogP contribution in [-0.2, 0) is 14.3 Å². The van der Waals surface area contributed by atoms with Crippen LogP contribution < -0.4 is 0 Å². The highest BCUT2D eigenvalue weighted by atomic mass is 16.6. The summed E-state index contributed by atoms with van der Waals surface area (Å²) in [5.41, 5.74) is 3.07. The maximum absolute atomic E-state index is 12.9. The second kappa shape index (κ2) is 7.63. The second-order valence-corrected chi connectivity index (χ2v) is 9.23. The molecular weight excluding hydrogens is 392 g/mol. The molecule has 0 aliphatic heterocycles. The Hall–Kier alpha value is -2.95. The van der Waals surface area contributed by atoms with Crippen molar-refractivity contribution in [1.82, 2.24) is 0 Å². The van der Waals surface area contributed by atoms with Gasteiger partial charge >= 0.3 is 11.9 Å². The molecule has 3 saturated carbocycles. The van der Waals surface area contributed by atoms with Gasteiger partial charge in [0.2, 0.25) is 0 Å². The molecule has 6 unspecified atom stereocenters. The monoisotopic (exact) mass is 418 g/mol. The Balaban J connectivity index is 1.39. The summed E-state index contributed by atoms with van der Waals surface area (Å²) in [6.45, 7) is 3.92. The van der Waals surface area contributed by atoms with Gasteiger partial charge in [-0.1, -0.05) is 35.4 Å². The fourth-order valence-electron chi connectivity index (χ4n) is 5.84. The molecule has 5 nitrogen and oxygen atoms in total. The van der Waals surface area contributed by atoms with Crippen LogP contribution in [0.15, 0.2) is 48.5 Å². The lowest BCUT2D eigenvalue weighted by Crippen LogP contribution is -2.46. The third kappa shape index (κ3) is 3.46. The molecule has 0 aromatic heterocycles. The van der Waals surface area contributed by atoms with E-state index in [-0.39, 0.29) is 29.5 Å². The second-order valence-electron chi connectivity index (χ2n) is 9.23. The van der Waals surface area contributed by atoms with Crippen molar-refractivity contribution in [2.45, 2.75) is 45.3 Å². The van der Waals surface area contributed by atoms with Crippen molar-refractivity contribution in [3.05, 3.63) is 70.8 Å². The van der Waals surface area contributed by atoms with Crippen molar-refractivity contribution >= 4 is 17.7 Å². The molecule has 5 rings (SSSR count). The number of carbonyl (C=O) groups excluding carboxylic acids is 3. The van der Waals surface area contributed by atoms with E-state index in [1.54, 1.807) is 24.3 Å². The molecule has 2 aromatic rings. The lowest BCUT2D eigenvalue weighted by atomic mass is 9.78. The fraction of sp³-hybridized carbons (Fsp3) is 0.423. The minimum atomic E-state index is -0.587. The van der Waals surface area contributed by atoms with Gasteiger partial charge in [-0.2, -0.15) is 0 Å². The third-order valence-corrected chi connectivity index (χ3v) is 7.34. The molecule has 5 heteroatoms. The van der Waals surface area contributed by atoms with Gasteiger partial charge < -0.3 is 9.47 Å². The van der Waals surface area contributed by atoms with Gasteiger partial charge in [-0.25, -0.2) is 9.59 Å². The Morgan fingerprint density at radius 1 is 0.742 bits per heavy atom. The molecule has 0 spiro atoms. The van der Waals surface area contributed by atoms with E-state index in [0.29, 0.717) is 17.5 Å². The molecule has 3 aliphatic rings. The number of aryl methyl sites for hydroxylation is 2. The Kier molecular flexibility index (Phi) is 4.92. The highest BCUT2D eigenvalue weighted by Gasteiger charge is 2.64. The number of hydrogen-bond acceptors (Lipinski definition) is 5. The summed E-state index contributed by atoms with van der Waals surface area (Å²) in [4.78, 5) is 38.2. The number of fused-ring (bicyclic) bond motifs is 5. The molecule has 31 heavy (non-hydrogen) atoms. The highest BCUT2D eigenvalue weighted by molar-refractivity contribution is 5.91. The maximum Gasteiger partial charge on any atom is 0.338 e. The van der Waals surface area contributed by atoms with Crippen LogP contribution in [-0.4, -0.2) is 29.9 Å². The molecule has 0 saturated heterocycles. The summed E-state index contributed by atoms with van der Waals surface area (Å²) in [6, 6.07) is 14.4. The summed E-state index contributed by atoms with van der Waals surface area (Å²) in [5, 5.41) is 0. The van der Waals surface area contributed by atoms with Gasteiger partial charge in [-0.3, -0.25) is 4.79 Å². The maximum atomic E-state index is 12.9. The molecule has 0 radical (unpaired) electrons. The first-order valence-electron chi connectivity index (χ1n) is 11.0. The summed E-state index contributed by atoms with van der Waals surface area (Å²) in [5.74, 6) is -0.442. The number of esters is 2. The van der Waals surface area contributed by atoms with Crippen LogP contribution in [0.5, 0.6) is 0 Å². The number of Topliss-reactive ketones (excluding diaryl/α,β-unsaturated/α-hetero) is 1. The van der Waals surface area contributed by atoms with E-state index in [4.69, 9.17) is 9.47 Å². The summed E-state index contributed by atoms with van der Waals surface area (Å²) in [7, 11) is 0. The number of carbonyl (C=O) groups is 3. The fourth-order valence-corrected chi connectivity index (χ4v) is 5.84. The minimum Gasteiger partial charge on any atom is -0.455 e. The SMILES string of the molecule is Cc1ccc(C(=O)OC2C3CC(C2OC(=O)c2ccc(C)cc2)C2C(=O)CCC32)cc1. The smallest absolute Gasteiger partial charge is 0.338 e. The first-order valence-corrected chi connectivity index (χ1v) is 11.0. The molecule has 3 aliphatic carbocycles. The third-order valence-electron chi connectivity index (χ3n) is 7.34. The van der Waals surface area contributed by atoms with Gasteiger partial charge in [0.05, 0.1) is 11.1 Å². The van der Waals surface area contributed by atoms with E-state index in [1.165, 1.54) is 0 Å². The average Bonchev–Trinajstić information content (AvgIpc) is 3.42. The molecule has 2 aromatic carbocycles. The molecule has 6 atom stereocenters. The van der Waals surface area contributed by atoms with Gasteiger partial charge in [-0.15, -0.1) is 0 Å². The van der Waals surface area contributed by atoms with Crippen LogP contribution in [0.4, 0.5) is 0 Å². The van der Waals surface area contributed by atoms with E-state index in [9.17, 15) is 14.4 Å². The summed E-state index contributed by atoms with van der Waals surface area (Å²) in [6.07, 6.45) is 1.07. The molecule has 160 valence electrons. The van der Waals surface area contributed by atoms with Crippen molar-refractivity contribution in [1.29, 1.82) is 0 Å². The molecule has 3 fully saturated rings. The van der Waals surface area contributed by atoms with Gasteiger partial charge in [0.25, 0.3) is 0 Å². The lowest BCUT2D eigenvalue weighted by molar-refractivity contribution is -0.127. The largest absolute Gasteiger partial charge is 0.455 e. The first-order chi connectivity index (χ1) is 14.9. The highest BCUT2D eigenvalue weighted by Crippen LogP contribution is 2.59. The molecule has 0 heterocycles. The molecule has 2 bridgehead atoms. The quantitative estimate of drug-likeness (QED) is 0.693. The van der Waals surface area contributed by atoms with Crippen molar-refractivity contribution in [3.63, 3.8) is 0 Å². The first kappa shape index (κ1) is 20.0. The van der Waals surface area contributed by atoms with E-state index in [1.807, 2.05) is 38.1 Å². The topological polar surface area (TPSA) is 69.7 Å². The standard InChI is InChI=1S/C26H26O5/c1-14-3-7-16(8-4-14)25(28)30-23-19-13-20(22-18(19)11-12-21(22)27)24(23)31-26(29)17-9-5-15(2)6-10-17/h3-10,18-20,22-24H,11-13H2,1-2H3.